The highest BCUT2D eigenvalue weighted by Gasteiger charge is 2.27. The largest absolute Gasteiger partial charge is 0.325 e. The van der Waals surface area contributed by atoms with Crippen molar-refractivity contribution in [2.24, 2.45) is 0 Å². The monoisotopic (exact) mass is 412 g/mol. The summed E-state index contributed by atoms with van der Waals surface area (Å²) in [5, 5.41) is 2.75. The molecule has 29 heavy (non-hydrogen) atoms. The number of amides is 1. The third-order valence-corrected chi connectivity index (χ3v) is 6.20. The third-order valence-electron chi connectivity index (χ3n) is 4.39. The van der Waals surface area contributed by atoms with Crippen molar-refractivity contribution in [1.82, 2.24) is 4.31 Å². The van der Waals surface area contributed by atoms with Gasteiger partial charge in [0, 0.05) is 12.2 Å². The third kappa shape index (κ3) is 5.28. The van der Waals surface area contributed by atoms with E-state index < -0.39 is 21.7 Å². The summed E-state index contributed by atoms with van der Waals surface area (Å²) in [7, 11) is -3.93. The van der Waals surface area contributed by atoms with Crippen molar-refractivity contribution >= 4 is 21.6 Å². The Kier molecular flexibility index (Phi) is 6.41. The zero-order chi connectivity index (χ0) is 20.9. The number of carbonyl (C=O) groups excluding carboxylic acids is 1. The molecule has 0 saturated heterocycles. The summed E-state index contributed by atoms with van der Waals surface area (Å²) < 4.78 is 40.6. The predicted octanol–water partition coefficient (Wildman–Crippen LogP) is 3.96. The minimum atomic E-state index is -3.93. The van der Waals surface area contributed by atoms with Crippen LogP contribution < -0.4 is 5.32 Å². The number of hydrogen-bond donors (Lipinski definition) is 1. The number of carbonyl (C=O) groups is 1. The lowest BCUT2D eigenvalue weighted by atomic mass is 10.2. The summed E-state index contributed by atoms with van der Waals surface area (Å²) in [6.45, 7) is 1.42. The summed E-state index contributed by atoms with van der Waals surface area (Å²) in [4.78, 5) is 12.7. The Morgan fingerprint density at radius 1 is 0.931 bits per heavy atom. The molecular weight excluding hydrogens is 391 g/mol. The van der Waals surface area contributed by atoms with E-state index >= 15 is 0 Å². The summed E-state index contributed by atoms with van der Waals surface area (Å²) in [6.07, 6.45) is 0. The SMILES string of the molecule is Cc1ccccc1NC(=O)CN(Cc1ccc(F)cc1)S(=O)(=O)c1ccccc1. The molecule has 0 saturated carbocycles. The minimum absolute atomic E-state index is 0.0568. The molecule has 0 bridgehead atoms. The Labute approximate surface area is 169 Å². The lowest BCUT2D eigenvalue weighted by Crippen LogP contribution is -2.37. The number of para-hydroxylation sites is 1. The average molecular weight is 412 g/mol. The Balaban J connectivity index is 1.87. The molecule has 3 rings (SSSR count). The molecular formula is C22H21FN2O3S. The van der Waals surface area contributed by atoms with Gasteiger partial charge in [0.2, 0.25) is 15.9 Å². The number of nitrogens with one attached hydrogen (secondary N) is 1. The van der Waals surface area contributed by atoms with Crippen LogP contribution in [0.4, 0.5) is 10.1 Å². The fourth-order valence-corrected chi connectivity index (χ4v) is 4.23. The number of sulfonamides is 1. The van der Waals surface area contributed by atoms with Gasteiger partial charge in [-0.25, -0.2) is 12.8 Å². The fraction of sp³-hybridized carbons (Fsp3) is 0.136. The van der Waals surface area contributed by atoms with Crippen LogP contribution in [0.3, 0.4) is 0 Å². The van der Waals surface area contributed by atoms with E-state index in [1.165, 1.54) is 36.4 Å². The van der Waals surface area contributed by atoms with Gasteiger partial charge in [-0.05, 0) is 48.4 Å². The minimum Gasteiger partial charge on any atom is -0.325 e. The van der Waals surface area contributed by atoms with Gasteiger partial charge in [0.1, 0.15) is 5.82 Å². The van der Waals surface area contributed by atoms with Gasteiger partial charge >= 0.3 is 0 Å². The van der Waals surface area contributed by atoms with Gasteiger partial charge in [0.25, 0.3) is 0 Å². The lowest BCUT2D eigenvalue weighted by Gasteiger charge is -2.22. The second-order valence-electron chi connectivity index (χ2n) is 6.58. The molecule has 0 aliphatic heterocycles. The van der Waals surface area contributed by atoms with Crippen LogP contribution in [-0.4, -0.2) is 25.2 Å². The summed E-state index contributed by atoms with van der Waals surface area (Å²) in [5.41, 5.74) is 2.07. The highest BCUT2D eigenvalue weighted by molar-refractivity contribution is 7.89. The van der Waals surface area contributed by atoms with Gasteiger partial charge in [0.15, 0.2) is 0 Å². The molecule has 1 amide bonds. The second kappa shape index (κ2) is 8.98. The number of benzene rings is 3. The van der Waals surface area contributed by atoms with Gasteiger partial charge in [-0.1, -0.05) is 48.5 Å². The highest BCUT2D eigenvalue weighted by Crippen LogP contribution is 2.19. The first-order valence-electron chi connectivity index (χ1n) is 9.01. The fourth-order valence-electron chi connectivity index (χ4n) is 2.82. The van der Waals surface area contributed by atoms with Crippen LogP contribution in [0.25, 0.3) is 0 Å². The Morgan fingerprint density at radius 3 is 2.21 bits per heavy atom. The van der Waals surface area contributed by atoms with E-state index in [-0.39, 0.29) is 18.0 Å². The molecule has 3 aromatic carbocycles. The quantitative estimate of drug-likeness (QED) is 0.639. The van der Waals surface area contributed by atoms with Crippen molar-refractivity contribution in [1.29, 1.82) is 0 Å². The van der Waals surface area contributed by atoms with Crippen LogP contribution in [0, 0.1) is 12.7 Å². The average Bonchev–Trinajstić information content (AvgIpc) is 2.71. The first kappa shape index (κ1) is 20.7. The number of halogens is 1. The number of aryl methyl sites for hydroxylation is 1. The Morgan fingerprint density at radius 2 is 1.55 bits per heavy atom. The number of anilines is 1. The lowest BCUT2D eigenvalue weighted by molar-refractivity contribution is -0.116. The zero-order valence-electron chi connectivity index (χ0n) is 15.9. The van der Waals surface area contributed by atoms with Crippen LogP contribution in [0.2, 0.25) is 0 Å². The molecule has 0 aliphatic rings. The molecule has 150 valence electrons. The van der Waals surface area contributed by atoms with Gasteiger partial charge in [-0.15, -0.1) is 0 Å². The topological polar surface area (TPSA) is 66.5 Å². The first-order valence-corrected chi connectivity index (χ1v) is 10.5. The number of nitrogens with zero attached hydrogens (tertiary/aromatic N) is 1. The summed E-state index contributed by atoms with van der Waals surface area (Å²) >= 11 is 0. The predicted molar refractivity (Wildman–Crippen MR) is 110 cm³/mol. The van der Waals surface area contributed by atoms with Crippen LogP contribution >= 0.6 is 0 Å². The molecule has 0 aromatic heterocycles. The van der Waals surface area contributed by atoms with Crippen LogP contribution in [0.5, 0.6) is 0 Å². The van der Waals surface area contributed by atoms with Crippen LogP contribution in [0.1, 0.15) is 11.1 Å². The van der Waals surface area contributed by atoms with Crippen molar-refractivity contribution in [2.75, 3.05) is 11.9 Å². The van der Waals surface area contributed by atoms with E-state index in [2.05, 4.69) is 5.32 Å². The van der Waals surface area contributed by atoms with Gasteiger partial charge in [0.05, 0.1) is 11.4 Å². The molecule has 0 unspecified atom stereocenters. The van der Waals surface area contributed by atoms with E-state index in [0.717, 1.165) is 9.87 Å². The maximum atomic E-state index is 13.2. The Hall–Kier alpha value is -3.03. The summed E-state index contributed by atoms with van der Waals surface area (Å²) in [6, 6.07) is 20.7. The van der Waals surface area contributed by atoms with Crippen LogP contribution in [0.15, 0.2) is 83.8 Å². The number of rotatable bonds is 7. The maximum Gasteiger partial charge on any atom is 0.243 e. The van der Waals surface area contributed by atoms with E-state index in [1.807, 2.05) is 19.1 Å². The highest BCUT2D eigenvalue weighted by atomic mass is 32.2. The van der Waals surface area contributed by atoms with Gasteiger partial charge in [-0.2, -0.15) is 4.31 Å². The number of hydrogen-bond acceptors (Lipinski definition) is 3. The molecule has 1 N–H and O–H groups in total. The normalized spacial score (nSPS) is 11.4. The van der Waals surface area contributed by atoms with Crippen molar-refractivity contribution in [2.45, 2.75) is 18.4 Å². The van der Waals surface area contributed by atoms with E-state index in [0.29, 0.717) is 11.3 Å². The van der Waals surface area contributed by atoms with E-state index in [4.69, 9.17) is 0 Å². The first-order chi connectivity index (χ1) is 13.9. The molecule has 0 radical (unpaired) electrons. The van der Waals surface area contributed by atoms with Crippen molar-refractivity contribution in [3.63, 3.8) is 0 Å². The molecule has 3 aromatic rings. The smallest absolute Gasteiger partial charge is 0.243 e. The van der Waals surface area contributed by atoms with Gasteiger partial charge < -0.3 is 5.32 Å². The van der Waals surface area contributed by atoms with Crippen molar-refractivity contribution in [3.8, 4) is 0 Å². The van der Waals surface area contributed by atoms with E-state index in [1.54, 1.807) is 30.3 Å². The molecule has 0 fully saturated rings. The van der Waals surface area contributed by atoms with Gasteiger partial charge in [-0.3, -0.25) is 4.79 Å². The summed E-state index contributed by atoms with van der Waals surface area (Å²) in [5.74, 6) is -0.871. The standard InChI is InChI=1S/C22H21FN2O3S/c1-17-7-5-6-10-21(17)24-22(26)16-25(15-18-11-13-19(23)14-12-18)29(27,28)20-8-3-2-4-9-20/h2-14H,15-16H2,1H3,(H,24,26). The Bertz CT molecular complexity index is 1080. The zero-order valence-corrected chi connectivity index (χ0v) is 16.7. The molecule has 0 aliphatic carbocycles. The molecule has 7 heteroatoms. The van der Waals surface area contributed by atoms with E-state index in [9.17, 15) is 17.6 Å². The molecule has 0 atom stereocenters. The molecule has 0 spiro atoms. The second-order valence-corrected chi connectivity index (χ2v) is 8.51. The molecule has 0 heterocycles. The van der Waals surface area contributed by atoms with Crippen molar-refractivity contribution in [3.05, 3.63) is 95.8 Å². The van der Waals surface area contributed by atoms with Crippen LogP contribution in [-0.2, 0) is 21.4 Å². The molecule has 5 nitrogen and oxygen atoms in total. The maximum absolute atomic E-state index is 13.2. The van der Waals surface area contributed by atoms with Crippen molar-refractivity contribution < 1.29 is 17.6 Å².